The van der Waals surface area contributed by atoms with Crippen LogP contribution in [0.1, 0.15) is 37.0 Å². The second kappa shape index (κ2) is 9.73. The number of nitrogens with two attached hydrogens (primary N) is 1. The van der Waals surface area contributed by atoms with Crippen molar-refractivity contribution in [3.05, 3.63) is 60.2 Å². The number of nitrogens with one attached hydrogen (secondary N) is 2. The zero-order valence-corrected chi connectivity index (χ0v) is 17.1. The molecule has 0 saturated carbocycles. The Morgan fingerprint density at radius 1 is 1.04 bits per heavy atom. The van der Waals surface area contributed by atoms with Crippen LogP contribution in [0.25, 0.3) is 0 Å². The van der Waals surface area contributed by atoms with Gasteiger partial charge in [0.1, 0.15) is 0 Å². The molecule has 0 saturated heterocycles. The fraction of sp³-hybridized carbons (Fsp3) is 0.316. The second-order valence-corrected chi connectivity index (χ2v) is 7.93. The molecule has 0 aliphatic rings. The summed E-state index contributed by atoms with van der Waals surface area (Å²) in [5.74, 6) is -0.289. The lowest BCUT2D eigenvalue weighted by Gasteiger charge is -2.26. The van der Waals surface area contributed by atoms with E-state index in [1.54, 1.807) is 36.4 Å². The summed E-state index contributed by atoms with van der Waals surface area (Å²) in [4.78, 5) is 12.5. The molecule has 2 aromatic carbocycles. The SMILES string of the molecule is CCC(N)(CC)CNC(=O)c1cccc(NS(=O)(=O)c2ccccc2)c1.Cl. The van der Waals surface area contributed by atoms with E-state index in [0.29, 0.717) is 17.8 Å². The first kappa shape index (κ1) is 23.0. The molecular formula is C19H26ClN3O3S. The van der Waals surface area contributed by atoms with Gasteiger partial charge in [0, 0.05) is 23.3 Å². The zero-order valence-electron chi connectivity index (χ0n) is 15.4. The number of hydrogen-bond acceptors (Lipinski definition) is 4. The van der Waals surface area contributed by atoms with E-state index in [0.717, 1.165) is 12.8 Å². The minimum absolute atomic E-state index is 0. The van der Waals surface area contributed by atoms with Gasteiger partial charge in [-0.3, -0.25) is 9.52 Å². The summed E-state index contributed by atoms with van der Waals surface area (Å²) >= 11 is 0. The minimum Gasteiger partial charge on any atom is -0.350 e. The molecule has 27 heavy (non-hydrogen) atoms. The van der Waals surface area contributed by atoms with Crippen LogP contribution in [-0.2, 0) is 10.0 Å². The number of benzene rings is 2. The second-order valence-electron chi connectivity index (χ2n) is 6.25. The molecule has 0 spiro atoms. The summed E-state index contributed by atoms with van der Waals surface area (Å²) in [6.45, 7) is 4.32. The van der Waals surface area contributed by atoms with Crippen LogP contribution in [-0.4, -0.2) is 26.4 Å². The summed E-state index contributed by atoms with van der Waals surface area (Å²) in [5, 5.41) is 2.82. The lowest BCUT2D eigenvalue weighted by molar-refractivity contribution is 0.0942. The highest BCUT2D eigenvalue weighted by Gasteiger charge is 2.21. The van der Waals surface area contributed by atoms with E-state index in [4.69, 9.17) is 5.73 Å². The van der Waals surface area contributed by atoms with Crippen molar-refractivity contribution in [1.29, 1.82) is 0 Å². The van der Waals surface area contributed by atoms with Gasteiger partial charge in [-0.1, -0.05) is 38.1 Å². The Bertz CT molecular complexity index is 854. The molecule has 6 nitrogen and oxygen atoms in total. The van der Waals surface area contributed by atoms with Crippen molar-refractivity contribution in [3.63, 3.8) is 0 Å². The number of hydrogen-bond donors (Lipinski definition) is 3. The lowest BCUT2D eigenvalue weighted by Crippen LogP contribution is -2.49. The van der Waals surface area contributed by atoms with Gasteiger partial charge in [-0.15, -0.1) is 12.4 Å². The highest BCUT2D eigenvalue weighted by Crippen LogP contribution is 2.17. The largest absolute Gasteiger partial charge is 0.350 e. The van der Waals surface area contributed by atoms with E-state index in [1.165, 1.54) is 18.2 Å². The van der Waals surface area contributed by atoms with Crippen LogP contribution >= 0.6 is 12.4 Å². The van der Waals surface area contributed by atoms with Gasteiger partial charge in [0.05, 0.1) is 4.90 Å². The van der Waals surface area contributed by atoms with Crippen molar-refractivity contribution in [3.8, 4) is 0 Å². The molecule has 0 aliphatic carbocycles. The fourth-order valence-corrected chi connectivity index (χ4v) is 3.47. The number of anilines is 1. The molecule has 0 atom stereocenters. The van der Waals surface area contributed by atoms with Gasteiger partial charge in [-0.05, 0) is 43.2 Å². The van der Waals surface area contributed by atoms with E-state index < -0.39 is 15.6 Å². The van der Waals surface area contributed by atoms with Crippen LogP contribution in [0.5, 0.6) is 0 Å². The van der Waals surface area contributed by atoms with E-state index in [-0.39, 0.29) is 23.2 Å². The standard InChI is InChI=1S/C19H25N3O3S.ClH/c1-3-19(20,4-2)14-21-18(23)15-9-8-10-16(13-15)22-26(24,25)17-11-6-5-7-12-17;/h5-13,22H,3-4,14,20H2,1-2H3,(H,21,23);1H. The molecule has 1 amide bonds. The van der Waals surface area contributed by atoms with Crippen LogP contribution < -0.4 is 15.8 Å². The van der Waals surface area contributed by atoms with E-state index in [1.807, 2.05) is 13.8 Å². The maximum atomic E-state index is 12.4. The first-order valence-electron chi connectivity index (χ1n) is 8.54. The molecule has 0 bridgehead atoms. The molecule has 4 N–H and O–H groups in total. The summed E-state index contributed by atoms with van der Waals surface area (Å²) in [6.07, 6.45) is 1.50. The number of halogens is 1. The third kappa shape index (κ3) is 6.23. The van der Waals surface area contributed by atoms with Gasteiger partial charge in [0.15, 0.2) is 0 Å². The number of rotatable bonds is 8. The number of sulfonamides is 1. The Labute approximate surface area is 167 Å². The van der Waals surface area contributed by atoms with Crippen molar-refractivity contribution >= 4 is 34.0 Å². The average Bonchev–Trinajstić information content (AvgIpc) is 2.66. The van der Waals surface area contributed by atoms with E-state index in [9.17, 15) is 13.2 Å². The van der Waals surface area contributed by atoms with Gasteiger partial charge in [-0.25, -0.2) is 8.42 Å². The Hall–Kier alpha value is -2.09. The van der Waals surface area contributed by atoms with Crippen molar-refractivity contribution in [2.45, 2.75) is 37.1 Å². The molecular weight excluding hydrogens is 386 g/mol. The molecule has 148 valence electrons. The molecule has 0 fully saturated rings. The first-order valence-corrected chi connectivity index (χ1v) is 10.0. The predicted molar refractivity (Wildman–Crippen MR) is 111 cm³/mol. The topological polar surface area (TPSA) is 101 Å². The highest BCUT2D eigenvalue weighted by atomic mass is 35.5. The predicted octanol–water partition coefficient (Wildman–Crippen LogP) is 3.16. The smallest absolute Gasteiger partial charge is 0.261 e. The van der Waals surface area contributed by atoms with Crippen molar-refractivity contribution in [2.75, 3.05) is 11.3 Å². The fourth-order valence-electron chi connectivity index (χ4n) is 2.40. The molecule has 0 heterocycles. The van der Waals surface area contributed by atoms with Crippen LogP contribution in [0, 0.1) is 0 Å². The van der Waals surface area contributed by atoms with Gasteiger partial charge < -0.3 is 11.1 Å². The van der Waals surface area contributed by atoms with E-state index in [2.05, 4.69) is 10.0 Å². The summed E-state index contributed by atoms with van der Waals surface area (Å²) in [7, 11) is -3.70. The molecule has 0 aromatic heterocycles. The lowest BCUT2D eigenvalue weighted by atomic mass is 9.94. The van der Waals surface area contributed by atoms with Crippen molar-refractivity contribution in [1.82, 2.24) is 5.32 Å². The number of amides is 1. The molecule has 2 rings (SSSR count). The van der Waals surface area contributed by atoms with Crippen LogP contribution in [0.3, 0.4) is 0 Å². The Balaban J connectivity index is 0.00000364. The Morgan fingerprint density at radius 2 is 1.67 bits per heavy atom. The number of carbonyl (C=O) groups excluding carboxylic acids is 1. The maximum absolute atomic E-state index is 12.4. The van der Waals surface area contributed by atoms with Crippen molar-refractivity contribution in [2.24, 2.45) is 5.73 Å². The monoisotopic (exact) mass is 411 g/mol. The van der Waals surface area contributed by atoms with Gasteiger partial charge in [0.2, 0.25) is 0 Å². The normalized spacial score (nSPS) is 11.4. The van der Waals surface area contributed by atoms with E-state index >= 15 is 0 Å². The summed E-state index contributed by atoms with van der Waals surface area (Å²) in [5.41, 5.74) is 6.45. The van der Waals surface area contributed by atoms with Gasteiger partial charge in [0.25, 0.3) is 15.9 Å². The zero-order chi connectivity index (χ0) is 19.2. The third-order valence-corrected chi connectivity index (χ3v) is 5.84. The van der Waals surface area contributed by atoms with Gasteiger partial charge in [-0.2, -0.15) is 0 Å². The highest BCUT2D eigenvalue weighted by molar-refractivity contribution is 7.92. The summed E-state index contributed by atoms with van der Waals surface area (Å²) in [6, 6.07) is 14.4. The van der Waals surface area contributed by atoms with Crippen LogP contribution in [0.15, 0.2) is 59.5 Å². The molecule has 0 unspecified atom stereocenters. The molecule has 0 aliphatic heterocycles. The molecule has 2 aromatic rings. The molecule has 8 heteroatoms. The average molecular weight is 412 g/mol. The third-order valence-electron chi connectivity index (χ3n) is 4.44. The minimum atomic E-state index is -3.70. The Kier molecular flexibility index (Phi) is 8.27. The van der Waals surface area contributed by atoms with Crippen LogP contribution in [0.2, 0.25) is 0 Å². The maximum Gasteiger partial charge on any atom is 0.261 e. The van der Waals surface area contributed by atoms with Gasteiger partial charge >= 0.3 is 0 Å². The van der Waals surface area contributed by atoms with Crippen molar-refractivity contribution < 1.29 is 13.2 Å². The van der Waals surface area contributed by atoms with Crippen LogP contribution in [0.4, 0.5) is 5.69 Å². The Morgan fingerprint density at radius 3 is 2.26 bits per heavy atom. The number of carbonyl (C=O) groups is 1. The summed E-state index contributed by atoms with van der Waals surface area (Å²) < 4.78 is 27.3. The molecule has 0 radical (unpaired) electrons. The quantitative estimate of drug-likeness (QED) is 0.620. The first-order chi connectivity index (χ1) is 12.3.